The van der Waals surface area contributed by atoms with Gasteiger partial charge in [-0.1, -0.05) is 0 Å². The van der Waals surface area contributed by atoms with Crippen LogP contribution in [0.2, 0.25) is 0 Å². The normalized spacial score (nSPS) is 10.9. The van der Waals surface area contributed by atoms with Crippen molar-refractivity contribution in [3.8, 4) is 17.6 Å². The smallest absolute Gasteiger partial charge is 0.128 e. The molecule has 0 saturated heterocycles. The summed E-state index contributed by atoms with van der Waals surface area (Å²) in [5, 5.41) is 18.2. The third-order valence-electron chi connectivity index (χ3n) is 3.20. The van der Waals surface area contributed by atoms with Gasteiger partial charge in [0, 0.05) is 11.6 Å². The highest BCUT2D eigenvalue weighted by Crippen LogP contribution is 2.26. The molecule has 0 spiro atoms. The average molecular weight is 277 g/mol. The van der Waals surface area contributed by atoms with Crippen molar-refractivity contribution in [1.29, 1.82) is 5.26 Å². The van der Waals surface area contributed by atoms with Crippen LogP contribution in [0.15, 0.2) is 18.2 Å². The molecule has 1 aromatic carbocycles. The number of methoxy groups -OCH3 is 1. The van der Waals surface area contributed by atoms with E-state index in [2.05, 4.69) is 6.07 Å². The second kappa shape index (κ2) is 7.76. The van der Waals surface area contributed by atoms with Crippen molar-refractivity contribution in [2.24, 2.45) is 5.41 Å². The summed E-state index contributed by atoms with van der Waals surface area (Å²) in [5.41, 5.74) is 0.481. The van der Waals surface area contributed by atoms with Crippen LogP contribution in [0, 0.1) is 16.7 Å². The minimum absolute atomic E-state index is 0.0548. The number of unbranched alkanes of at least 4 members (excludes halogenated alkanes) is 1. The van der Waals surface area contributed by atoms with Gasteiger partial charge in [-0.15, -0.1) is 0 Å². The van der Waals surface area contributed by atoms with Crippen LogP contribution in [0.1, 0.15) is 38.7 Å². The number of aliphatic hydroxyl groups is 1. The van der Waals surface area contributed by atoms with Gasteiger partial charge in [-0.2, -0.15) is 5.26 Å². The Balaban J connectivity index is 2.44. The molecule has 0 bridgehead atoms. The number of nitriles is 1. The molecule has 0 aromatic heterocycles. The first-order valence-electron chi connectivity index (χ1n) is 6.84. The zero-order chi connectivity index (χ0) is 15.0. The topological polar surface area (TPSA) is 62.5 Å². The minimum Gasteiger partial charge on any atom is -0.497 e. The van der Waals surface area contributed by atoms with Crippen molar-refractivity contribution in [2.75, 3.05) is 13.7 Å². The molecule has 110 valence electrons. The summed E-state index contributed by atoms with van der Waals surface area (Å²) >= 11 is 0. The summed E-state index contributed by atoms with van der Waals surface area (Å²) in [5.74, 6) is 1.37. The molecule has 4 heteroatoms. The fourth-order valence-electron chi connectivity index (χ4n) is 1.83. The van der Waals surface area contributed by atoms with E-state index in [1.54, 1.807) is 25.3 Å². The molecule has 0 radical (unpaired) electrons. The van der Waals surface area contributed by atoms with Gasteiger partial charge in [0.1, 0.15) is 11.5 Å². The lowest BCUT2D eigenvalue weighted by Gasteiger charge is -2.15. The van der Waals surface area contributed by atoms with Gasteiger partial charge in [-0.25, -0.2) is 0 Å². The Morgan fingerprint density at radius 1 is 1.30 bits per heavy atom. The van der Waals surface area contributed by atoms with Crippen molar-refractivity contribution < 1.29 is 14.6 Å². The van der Waals surface area contributed by atoms with Crippen molar-refractivity contribution in [1.82, 2.24) is 0 Å². The summed E-state index contributed by atoms with van der Waals surface area (Å²) in [4.78, 5) is 0. The third-order valence-corrected chi connectivity index (χ3v) is 3.20. The van der Waals surface area contributed by atoms with Gasteiger partial charge in [-0.3, -0.25) is 0 Å². The molecule has 0 unspecified atom stereocenters. The van der Waals surface area contributed by atoms with Crippen LogP contribution < -0.4 is 9.47 Å². The van der Waals surface area contributed by atoms with E-state index >= 15 is 0 Å². The Bertz CT molecular complexity index is 463. The highest BCUT2D eigenvalue weighted by atomic mass is 16.5. The summed E-state index contributed by atoms with van der Waals surface area (Å²) in [6, 6.07) is 7.67. The van der Waals surface area contributed by atoms with E-state index < -0.39 is 0 Å². The minimum atomic E-state index is -0.272. The number of ether oxygens (including phenoxy) is 2. The number of rotatable bonds is 8. The third kappa shape index (κ3) is 5.10. The van der Waals surface area contributed by atoms with Crippen molar-refractivity contribution in [2.45, 2.75) is 39.7 Å². The number of hydrogen-bond donors (Lipinski definition) is 1. The Kier molecular flexibility index (Phi) is 6.33. The molecule has 1 rings (SSSR count). The molecule has 0 aliphatic carbocycles. The van der Waals surface area contributed by atoms with Crippen molar-refractivity contribution in [3.05, 3.63) is 23.8 Å². The number of hydrogen-bond acceptors (Lipinski definition) is 4. The van der Waals surface area contributed by atoms with Gasteiger partial charge in [0.2, 0.25) is 0 Å². The summed E-state index contributed by atoms with van der Waals surface area (Å²) in [6.45, 7) is 4.40. The summed E-state index contributed by atoms with van der Waals surface area (Å²) in [6.07, 6.45) is 2.68. The monoisotopic (exact) mass is 277 g/mol. The molecule has 0 aliphatic heterocycles. The maximum absolute atomic E-state index is 9.27. The van der Waals surface area contributed by atoms with Gasteiger partial charge >= 0.3 is 0 Å². The van der Waals surface area contributed by atoms with E-state index in [0.29, 0.717) is 18.1 Å². The molecule has 0 heterocycles. The van der Waals surface area contributed by atoms with Gasteiger partial charge < -0.3 is 14.6 Å². The molecular weight excluding hydrogens is 254 g/mol. The number of aliphatic hydroxyl groups excluding tert-OH is 1. The van der Waals surface area contributed by atoms with Crippen LogP contribution in [0.3, 0.4) is 0 Å². The van der Waals surface area contributed by atoms with Gasteiger partial charge in [-0.05, 0) is 45.2 Å². The first kappa shape index (κ1) is 16.3. The maximum Gasteiger partial charge on any atom is 0.128 e. The lowest BCUT2D eigenvalue weighted by molar-refractivity contribution is 0.256. The van der Waals surface area contributed by atoms with Crippen molar-refractivity contribution >= 4 is 0 Å². The average Bonchev–Trinajstić information content (AvgIpc) is 2.46. The standard InChI is InChI=1S/C16H23NO3/c1-16(2,12-17)8-4-5-9-20-15-10-14(19-3)7-6-13(15)11-18/h6-7,10,18H,4-5,8-9,11H2,1-3H3. The first-order valence-corrected chi connectivity index (χ1v) is 6.84. The molecule has 1 N–H and O–H groups in total. The Morgan fingerprint density at radius 3 is 2.65 bits per heavy atom. The van der Waals surface area contributed by atoms with Crippen LogP contribution in [-0.4, -0.2) is 18.8 Å². The van der Waals surface area contributed by atoms with E-state index in [1.165, 1.54) is 0 Å². The molecule has 0 atom stereocenters. The first-order chi connectivity index (χ1) is 9.52. The van der Waals surface area contributed by atoms with Gasteiger partial charge in [0.05, 0.1) is 31.8 Å². The Labute approximate surface area is 120 Å². The molecule has 1 aromatic rings. The van der Waals surface area contributed by atoms with Crippen LogP contribution in [0.4, 0.5) is 0 Å². The van der Waals surface area contributed by atoms with E-state index in [4.69, 9.17) is 14.7 Å². The Hall–Kier alpha value is -1.73. The maximum atomic E-state index is 9.27. The predicted molar refractivity (Wildman–Crippen MR) is 77.7 cm³/mol. The van der Waals surface area contributed by atoms with E-state index in [1.807, 2.05) is 13.8 Å². The lowest BCUT2D eigenvalue weighted by Crippen LogP contribution is -2.08. The predicted octanol–water partition coefficient (Wildman–Crippen LogP) is 3.29. The zero-order valence-corrected chi connectivity index (χ0v) is 12.5. The molecule has 0 fully saturated rings. The van der Waals surface area contributed by atoms with Gasteiger partial charge in [0.25, 0.3) is 0 Å². The van der Waals surface area contributed by atoms with Crippen LogP contribution in [-0.2, 0) is 6.61 Å². The summed E-state index contributed by atoms with van der Waals surface area (Å²) < 4.78 is 10.8. The number of nitrogens with zero attached hydrogens (tertiary/aromatic N) is 1. The second-order valence-electron chi connectivity index (χ2n) is 5.43. The Morgan fingerprint density at radius 2 is 2.05 bits per heavy atom. The fourth-order valence-corrected chi connectivity index (χ4v) is 1.83. The molecule has 0 aliphatic rings. The fraction of sp³-hybridized carbons (Fsp3) is 0.562. The molecule has 20 heavy (non-hydrogen) atoms. The lowest BCUT2D eigenvalue weighted by atomic mass is 9.89. The highest BCUT2D eigenvalue weighted by Gasteiger charge is 2.15. The van der Waals surface area contributed by atoms with Gasteiger partial charge in [0.15, 0.2) is 0 Å². The molecule has 0 saturated carbocycles. The van der Waals surface area contributed by atoms with E-state index in [0.717, 1.165) is 24.8 Å². The second-order valence-corrected chi connectivity index (χ2v) is 5.43. The molecule has 4 nitrogen and oxygen atoms in total. The molecule has 0 amide bonds. The van der Waals surface area contributed by atoms with Crippen LogP contribution in [0.5, 0.6) is 11.5 Å². The highest BCUT2D eigenvalue weighted by molar-refractivity contribution is 5.40. The van der Waals surface area contributed by atoms with Crippen LogP contribution >= 0.6 is 0 Å². The number of benzene rings is 1. The summed E-state index contributed by atoms with van der Waals surface area (Å²) in [7, 11) is 1.60. The van der Waals surface area contributed by atoms with E-state index in [9.17, 15) is 5.11 Å². The largest absolute Gasteiger partial charge is 0.497 e. The quantitative estimate of drug-likeness (QED) is 0.741. The SMILES string of the molecule is COc1ccc(CO)c(OCCCCC(C)(C)C#N)c1. The zero-order valence-electron chi connectivity index (χ0n) is 12.5. The molecular formula is C16H23NO3. The van der Waals surface area contributed by atoms with Crippen molar-refractivity contribution in [3.63, 3.8) is 0 Å². The van der Waals surface area contributed by atoms with E-state index in [-0.39, 0.29) is 12.0 Å². The van der Waals surface area contributed by atoms with Crippen LogP contribution in [0.25, 0.3) is 0 Å².